The summed E-state index contributed by atoms with van der Waals surface area (Å²) >= 11 is 5.80. The Labute approximate surface area is 115 Å². The normalized spacial score (nSPS) is 11.9. The van der Waals surface area contributed by atoms with Gasteiger partial charge in [0.15, 0.2) is 0 Å². The molecule has 19 heavy (non-hydrogen) atoms. The van der Waals surface area contributed by atoms with Gasteiger partial charge in [-0.15, -0.1) is 0 Å². The number of urea groups is 1. The second-order valence-corrected chi connectivity index (χ2v) is 4.35. The van der Waals surface area contributed by atoms with Gasteiger partial charge in [-0.2, -0.15) is 0 Å². The standard InChI is InChI=1S/C13H13ClN2O3/c14-10-2-1-3-11(6-10)16-13(18)15-7-12(17)9-4-5-19-8-9/h1-6,8,12,17H,7H2,(H2,15,16,18). The molecular weight excluding hydrogens is 268 g/mol. The fourth-order valence-electron chi connectivity index (χ4n) is 1.51. The topological polar surface area (TPSA) is 74.5 Å². The van der Waals surface area contributed by atoms with Gasteiger partial charge in [-0.05, 0) is 24.3 Å². The molecule has 6 heteroatoms. The average Bonchev–Trinajstić information content (AvgIpc) is 2.90. The predicted molar refractivity (Wildman–Crippen MR) is 72.1 cm³/mol. The molecule has 3 N–H and O–H groups in total. The smallest absolute Gasteiger partial charge is 0.319 e. The molecule has 1 atom stereocenters. The van der Waals surface area contributed by atoms with Gasteiger partial charge < -0.3 is 20.2 Å². The first kappa shape index (κ1) is 13.5. The highest BCUT2D eigenvalue weighted by atomic mass is 35.5. The van der Waals surface area contributed by atoms with E-state index in [1.807, 2.05) is 0 Å². The van der Waals surface area contributed by atoms with Crippen molar-refractivity contribution in [3.8, 4) is 0 Å². The lowest BCUT2D eigenvalue weighted by atomic mass is 10.2. The van der Waals surface area contributed by atoms with Crippen molar-refractivity contribution in [3.63, 3.8) is 0 Å². The molecule has 0 aliphatic rings. The zero-order valence-electron chi connectivity index (χ0n) is 9.97. The molecule has 1 heterocycles. The summed E-state index contributed by atoms with van der Waals surface area (Å²) in [5, 5.41) is 15.5. The molecule has 0 saturated heterocycles. The van der Waals surface area contributed by atoms with E-state index in [9.17, 15) is 9.90 Å². The van der Waals surface area contributed by atoms with Crippen LogP contribution in [0.2, 0.25) is 5.02 Å². The molecule has 2 amide bonds. The molecule has 0 aliphatic heterocycles. The van der Waals surface area contributed by atoms with Crippen molar-refractivity contribution in [1.82, 2.24) is 5.32 Å². The summed E-state index contributed by atoms with van der Waals surface area (Å²) in [5.41, 5.74) is 1.20. The Hall–Kier alpha value is -1.98. The Bertz CT molecular complexity index is 543. The first-order valence-electron chi connectivity index (χ1n) is 5.66. The lowest BCUT2D eigenvalue weighted by Gasteiger charge is -2.11. The maximum absolute atomic E-state index is 11.6. The molecule has 100 valence electrons. The number of hydrogen-bond donors (Lipinski definition) is 3. The van der Waals surface area contributed by atoms with Crippen LogP contribution in [0.5, 0.6) is 0 Å². The molecule has 0 aliphatic carbocycles. The molecule has 1 aromatic heterocycles. The van der Waals surface area contributed by atoms with Crippen LogP contribution in [0.15, 0.2) is 47.3 Å². The zero-order chi connectivity index (χ0) is 13.7. The van der Waals surface area contributed by atoms with E-state index in [4.69, 9.17) is 16.0 Å². The molecule has 5 nitrogen and oxygen atoms in total. The van der Waals surface area contributed by atoms with E-state index in [1.165, 1.54) is 12.5 Å². The van der Waals surface area contributed by atoms with Crippen LogP contribution in [0, 0.1) is 0 Å². The van der Waals surface area contributed by atoms with Crippen LogP contribution in [-0.2, 0) is 0 Å². The minimum absolute atomic E-state index is 0.0892. The molecule has 0 spiro atoms. The van der Waals surface area contributed by atoms with Gasteiger partial charge in [0.2, 0.25) is 0 Å². The van der Waals surface area contributed by atoms with E-state index in [1.54, 1.807) is 30.3 Å². The van der Waals surface area contributed by atoms with Gasteiger partial charge in [0.05, 0.1) is 18.6 Å². The maximum atomic E-state index is 11.6. The second kappa shape index (κ2) is 6.26. The number of rotatable bonds is 4. The van der Waals surface area contributed by atoms with Crippen LogP contribution in [0.4, 0.5) is 10.5 Å². The third-order valence-corrected chi connectivity index (χ3v) is 2.70. The highest BCUT2D eigenvalue weighted by Gasteiger charge is 2.10. The lowest BCUT2D eigenvalue weighted by Crippen LogP contribution is -2.32. The van der Waals surface area contributed by atoms with Crippen LogP contribution in [0.25, 0.3) is 0 Å². The number of amides is 2. The monoisotopic (exact) mass is 280 g/mol. The summed E-state index contributed by atoms with van der Waals surface area (Å²) in [7, 11) is 0. The van der Waals surface area contributed by atoms with Crippen LogP contribution in [0.1, 0.15) is 11.7 Å². The minimum Gasteiger partial charge on any atom is -0.472 e. The number of carbonyl (C=O) groups is 1. The second-order valence-electron chi connectivity index (χ2n) is 3.92. The van der Waals surface area contributed by atoms with E-state index in [-0.39, 0.29) is 6.54 Å². The molecule has 1 unspecified atom stereocenters. The van der Waals surface area contributed by atoms with Crippen molar-refractivity contribution in [2.75, 3.05) is 11.9 Å². The van der Waals surface area contributed by atoms with E-state index in [2.05, 4.69) is 10.6 Å². The quantitative estimate of drug-likeness (QED) is 0.806. The van der Waals surface area contributed by atoms with Gasteiger partial charge in [-0.1, -0.05) is 17.7 Å². The van der Waals surface area contributed by atoms with Gasteiger partial charge in [0.1, 0.15) is 0 Å². The average molecular weight is 281 g/mol. The number of anilines is 1. The summed E-state index contributed by atoms with van der Waals surface area (Å²) in [6, 6.07) is 8.03. The van der Waals surface area contributed by atoms with Crippen molar-refractivity contribution in [2.45, 2.75) is 6.10 Å². The number of nitrogens with one attached hydrogen (secondary N) is 2. The first-order valence-corrected chi connectivity index (χ1v) is 6.03. The van der Waals surface area contributed by atoms with Crippen molar-refractivity contribution >= 4 is 23.3 Å². The van der Waals surface area contributed by atoms with E-state index >= 15 is 0 Å². The Morgan fingerprint density at radius 3 is 2.95 bits per heavy atom. The molecule has 0 radical (unpaired) electrons. The molecule has 0 bridgehead atoms. The van der Waals surface area contributed by atoms with Crippen LogP contribution < -0.4 is 10.6 Å². The van der Waals surface area contributed by atoms with Crippen LogP contribution in [0.3, 0.4) is 0 Å². The number of hydrogen-bond acceptors (Lipinski definition) is 3. The number of aliphatic hydroxyl groups excluding tert-OH is 1. The molecule has 2 rings (SSSR count). The Morgan fingerprint density at radius 1 is 1.42 bits per heavy atom. The first-order chi connectivity index (χ1) is 9.15. The van der Waals surface area contributed by atoms with E-state index < -0.39 is 12.1 Å². The third kappa shape index (κ3) is 4.01. The highest BCUT2D eigenvalue weighted by molar-refractivity contribution is 6.30. The van der Waals surface area contributed by atoms with E-state index in [0.29, 0.717) is 16.3 Å². The van der Waals surface area contributed by atoms with Gasteiger partial charge in [-0.3, -0.25) is 0 Å². The number of furan rings is 1. The highest BCUT2D eigenvalue weighted by Crippen LogP contribution is 2.15. The van der Waals surface area contributed by atoms with Crippen molar-refractivity contribution in [3.05, 3.63) is 53.4 Å². The summed E-state index contributed by atoms with van der Waals surface area (Å²) in [4.78, 5) is 11.6. The minimum atomic E-state index is -0.802. The Kier molecular flexibility index (Phi) is 4.43. The largest absolute Gasteiger partial charge is 0.472 e. The molecule has 2 aromatic rings. The van der Waals surface area contributed by atoms with E-state index in [0.717, 1.165) is 0 Å². The molecule has 1 aromatic carbocycles. The van der Waals surface area contributed by atoms with Gasteiger partial charge in [0, 0.05) is 22.8 Å². The van der Waals surface area contributed by atoms with Gasteiger partial charge in [0.25, 0.3) is 0 Å². The summed E-state index contributed by atoms with van der Waals surface area (Å²) in [5.74, 6) is 0. The Morgan fingerprint density at radius 2 is 2.26 bits per heavy atom. The number of halogens is 1. The van der Waals surface area contributed by atoms with Gasteiger partial charge >= 0.3 is 6.03 Å². The summed E-state index contributed by atoms with van der Waals surface area (Å²) in [6.45, 7) is 0.0892. The number of aliphatic hydroxyl groups is 1. The van der Waals surface area contributed by atoms with Crippen molar-refractivity contribution in [1.29, 1.82) is 0 Å². The predicted octanol–water partition coefficient (Wildman–Crippen LogP) is 2.79. The van der Waals surface area contributed by atoms with Crippen molar-refractivity contribution in [2.24, 2.45) is 0 Å². The fourth-order valence-corrected chi connectivity index (χ4v) is 1.70. The fraction of sp³-hybridized carbons (Fsp3) is 0.154. The van der Waals surface area contributed by atoms with Gasteiger partial charge in [-0.25, -0.2) is 4.79 Å². The Balaban J connectivity index is 1.82. The summed E-state index contributed by atoms with van der Waals surface area (Å²) < 4.78 is 4.85. The molecular formula is C13H13ClN2O3. The number of carbonyl (C=O) groups excluding carboxylic acids is 1. The number of benzene rings is 1. The van der Waals surface area contributed by atoms with Crippen molar-refractivity contribution < 1.29 is 14.3 Å². The van der Waals surface area contributed by atoms with Crippen LogP contribution in [-0.4, -0.2) is 17.7 Å². The zero-order valence-corrected chi connectivity index (χ0v) is 10.7. The third-order valence-electron chi connectivity index (χ3n) is 2.47. The molecule has 0 fully saturated rings. The lowest BCUT2D eigenvalue weighted by molar-refractivity contribution is 0.174. The SMILES string of the molecule is O=C(NCC(O)c1ccoc1)Nc1cccc(Cl)c1. The van der Waals surface area contributed by atoms with Crippen LogP contribution >= 0.6 is 11.6 Å². The maximum Gasteiger partial charge on any atom is 0.319 e. The summed E-state index contributed by atoms with van der Waals surface area (Å²) in [6.07, 6.45) is 2.09. The molecule has 0 saturated carbocycles.